The van der Waals surface area contributed by atoms with Gasteiger partial charge in [0, 0.05) is 29.6 Å². The summed E-state index contributed by atoms with van der Waals surface area (Å²) in [4.78, 5) is 15.7. The first kappa shape index (κ1) is 17.8. The molecule has 1 fully saturated rings. The van der Waals surface area contributed by atoms with Gasteiger partial charge in [-0.15, -0.1) is 0 Å². The molecule has 27 heavy (non-hydrogen) atoms. The van der Waals surface area contributed by atoms with E-state index in [-0.39, 0.29) is 23.5 Å². The lowest BCUT2D eigenvalue weighted by Crippen LogP contribution is -2.19. The summed E-state index contributed by atoms with van der Waals surface area (Å²) in [7, 11) is -3.02. The molecule has 1 saturated heterocycles. The number of sulfone groups is 1. The Morgan fingerprint density at radius 2 is 2.19 bits per heavy atom. The summed E-state index contributed by atoms with van der Waals surface area (Å²) in [5, 5.41) is 8.42. The molecule has 3 aromatic rings. The van der Waals surface area contributed by atoms with Gasteiger partial charge in [-0.2, -0.15) is 5.10 Å². The van der Waals surface area contributed by atoms with Crippen LogP contribution in [0.2, 0.25) is 0 Å². The number of amides is 1. The molecule has 1 aliphatic heterocycles. The van der Waals surface area contributed by atoms with Gasteiger partial charge in [0.1, 0.15) is 5.82 Å². The molecule has 8 heteroatoms. The van der Waals surface area contributed by atoms with Crippen LogP contribution < -0.4 is 5.32 Å². The van der Waals surface area contributed by atoms with Crippen LogP contribution in [0.15, 0.2) is 36.5 Å². The predicted octanol–water partition coefficient (Wildman–Crippen LogP) is 2.60. The number of carbonyl (C=O) groups excluding carboxylic acids is 1. The van der Waals surface area contributed by atoms with Crippen LogP contribution in [0.25, 0.3) is 10.9 Å². The third-order valence-corrected chi connectivity index (χ3v) is 6.73. The zero-order chi connectivity index (χ0) is 19.0. The van der Waals surface area contributed by atoms with Crippen molar-refractivity contribution in [2.45, 2.75) is 32.2 Å². The van der Waals surface area contributed by atoms with Crippen LogP contribution in [0.3, 0.4) is 0 Å². The number of anilines is 1. The van der Waals surface area contributed by atoms with Gasteiger partial charge in [0.25, 0.3) is 0 Å². The van der Waals surface area contributed by atoms with E-state index in [4.69, 9.17) is 0 Å². The second-order valence-corrected chi connectivity index (χ2v) is 9.31. The Morgan fingerprint density at radius 1 is 1.37 bits per heavy atom. The van der Waals surface area contributed by atoms with E-state index < -0.39 is 9.84 Å². The summed E-state index contributed by atoms with van der Waals surface area (Å²) in [5.41, 5.74) is 2.92. The standard InChI is InChI=1S/C19H22N4O3S/c1-13-10-18(23(22-13)15-8-9-27(25,26)12-15)21-19(24)7-6-14-11-20-17-5-3-2-4-16(14)17/h2-5,10-11,15,20H,6-9,12H2,1H3,(H,21,24)/t15-/m1/s1. The van der Waals surface area contributed by atoms with E-state index in [0.29, 0.717) is 25.1 Å². The van der Waals surface area contributed by atoms with Crippen LogP contribution in [-0.2, 0) is 21.1 Å². The van der Waals surface area contributed by atoms with E-state index in [1.54, 1.807) is 10.7 Å². The molecule has 0 radical (unpaired) electrons. The number of rotatable bonds is 5. The molecule has 1 atom stereocenters. The van der Waals surface area contributed by atoms with Crippen molar-refractivity contribution in [3.63, 3.8) is 0 Å². The van der Waals surface area contributed by atoms with Gasteiger partial charge in [0.2, 0.25) is 5.91 Å². The number of para-hydroxylation sites is 1. The lowest BCUT2D eigenvalue weighted by atomic mass is 10.1. The molecule has 7 nitrogen and oxygen atoms in total. The highest BCUT2D eigenvalue weighted by atomic mass is 32.2. The second-order valence-electron chi connectivity index (χ2n) is 7.08. The van der Waals surface area contributed by atoms with Crippen LogP contribution >= 0.6 is 0 Å². The van der Waals surface area contributed by atoms with Crippen molar-refractivity contribution in [2.75, 3.05) is 16.8 Å². The molecular formula is C19H22N4O3S. The summed E-state index contributed by atoms with van der Waals surface area (Å²) >= 11 is 0. The summed E-state index contributed by atoms with van der Waals surface area (Å²) in [6, 6.07) is 9.58. The van der Waals surface area contributed by atoms with Gasteiger partial charge in [0.15, 0.2) is 9.84 Å². The van der Waals surface area contributed by atoms with E-state index >= 15 is 0 Å². The maximum Gasteiger partial charge on any atom is 0.225 e. The zero-order valence-electron chi connectivity index (χ0n) is 15.1. The molecule has 1 aromatic carbocycles. The van der Waals surface area contributed by atoms with Crippen molar-refractivity contribution < 1.29 is 13.2 Å². The van der Waals surface area contributed by atoms with E-state index in [1.165, 1.54) is 0 Å². The molecule has 0 spiro atoms. The fraction of sp³-hybridized carbons (Fsp3) is 0.368. The van der Waals surface area contributed by atoms with Crippen molar-refractivity contribution >= 4 is 32.5 Å². The summed E-state index contributed by atoms with van der Waals surface area (Å²) in [5.74, 6) is 0.706. The normalized spacial score (nSPS) is 18.8. The Kier molecular flexibility index (Phi) is 4.51. The number of aromatic amines is 1. The average Bonchev–Trinajstić information content (AvgIpc) is 3.30. The number of nitrogens with one attached hydrogen (secondary N) is 2. The first-order valence-electron chi connectivity index (χ1n) is 9.03. The number of hydrogen-bond donors (Lipinski definition) is 2. The molecule has 4 rings (SSSR count). The van der Waals surface area contributed by atoms with Crippen molar-refractivity contribution in [2.24, 2.45) is 0 Å². The van der Waals surface area contributed by atoms with Crippen LogP contribution in [0.1, 0.15) is 30.1 Å². The zero-order valence-corrected chi connectivity index (χ0v) is 15.9. The highest BCUT2D eigenvalue weighted by Gasteiger charge is 2.31. The second kappa shape index (κ2) is 6.84. The van der Waals surface area contributed by atoms with E-state index in [9.17, 15) is 13.2 Å². The van der Waals surface area contributed by atoms with Gasteiger partial charge >= 0.3 is 0 Å². The fourth-order valence-electron chi connectivity index (χ4n) is 3.65. The summed E-state index contributed by atoms with van der Waals surface area (Å²) in [6.45, 7) is 1.83. The lowest BCUT2D eigenvalue weighted by Gasteiger charge is -2.13. The first-order chi connectivity index (χ1) is 12.9. The molecule has 142 valence electrons. The molecule has 0 saturated carbocycles. The van der Waals surface area contributed by atoms with Gasteiger partial charge in [-0.3, -0.25) is 4.79 Å². The average molecular weight is 386 g/mol. The molecule has 1 amide bonds. The third kappa shape index (κ3) is 3.75. The minimum Gasteiger partial charge on any atom is -0.361 e. The van der Waals surface area contributed by atoms with Crippen LogP contribution in [-0.4, -0.2) is 40.6 Å². The molecule has 0 aliphatic carbocycles. The Hall–Kier alpha value is -2.61. The monoisotopic (exact) mass is 386 g/mol. The molecule has 2 N–H and O–H groups in total. The Morgan fingerprint density at radius 3 is 2.96 bits per heavy atom. The fourth-order valence-corrected chi connectivity index (χ4v) is 5.34. The van der Waals surface area contributed by atoms with Crippen molar-refractivity contribution in [1.29, 1.82) is 0 Å². The molecular weight excluding hydrogens is 364 g/mol. The first-order valence-corrected chi connectivity index (χ1v) is 10.8. The largest absolute Gasteiger partial charge is 0.361 e. The lowest BCUT2D eigenvalue weighted by molar-refractivity contribution is -0.116. The molecule has 2 aromatic heterocycles. The maximum atomic E-state index is 12.5. The van der Waals surface area contributed by atoms with Gasteiger partial charge < -0.3 is 10.3 Å². The number of H-pyrrole nitrogens is 1. The number of aryl methyl sites for hydroxylation is 2. The smallest absolute Gasteiger partial charge is 0.225 e. The van der Waals surface area contributed by atoms with E-state index in [0.717, 1.165) is 22.2 Å². The van der Waals surface area contributed by atoms with Gasteiger partial charge in [0.05, 0.1) is 23.2 Å². The number of benzene rings is 1. The maximum absolute atomic E-state index is 12.5. The van der Waals surface area contributed by atoms with Gasteiger partial charge in [-0.25, -0.2) is 13.1 Å². The SMILES string of the molecule is Cc1cc(NC(=O)CCc2c[nH]c3ccccc23)n([C@@H]2CCS(=O)(=O)C2)n1. The number of fused-ring (bicyclic) bond motifs is 1. The summed E-state index contributed by atoms with van der Waals surface area (Å²) < 4.78 is 25.2. The van der Waals surface area contributed by atoms with E-state index in [1.807, 2.05) is 37.4 Å². The van der Waals surface area contributed by atoms with Gasteiger partial charge in [-0.1, -0.05) is 18.2 Å². The predicted molar refractivity (Wildman–Crippen MR) is 105 cm³/mol. The Labute approximate surface area is 157 Å². The number of nitrogens with zero attached hydrogens (tertiary/aromatic N) is 2. The molecule has 1 aliphatic rings. The minimum atomic E-state index is -3.02. The summed E-state index contributed by atoms with van der Waals surface area (Å²) in [6.07, 6.45) is 3.44. The van der Waals surface area contributed by atoms with Crippen LogP contribution in [0.4, 0.5) is 5.82 Å². The number of aromatic nitrogens is 3. The van der Waals surface area contributed by atoms with E-state index in [2.05, 4.69) is 15.4 Å². The topological polar surface area (TPSA) is 96.9 Å². The molecule has 0 bridgehead atoms. The molecule has 0 unspecified atom stereocenters. The quantitative estimate of drug-likeness (QED) is 0.704. The minimum absolute atomic E-state index is 0.0757. The Bertz CT molecular complexity index is 1100. The van der Waals surface area contributed by atoms with Crippen LogP contribution in [0.5, 0.6) is 0 Å². The van der Waals surface area contributed by atoms with Crippen molar-refractivity contribution in [3.05, 3.63) is 47.8 Å². The third-order valence-electron chi connectivity index (χ3n) is 4.98. The van der Waals surface area contributed by atoms with Crippen molar-refractivity contribution in [3.8, 4) is 0 Å². The van der Waals surface area contributed by atoms with Gasteiger partial charge in [-0.05, 0) is 31.4 Å². The highest BCUT2D eigenvalue weighted by molar-refractivity contribution is 7.91. The van der Waals surface area contributed by atoms with Crippen LogP contribution in [0, 0.1) is 6.92 Å². The molecule has 3 heterocycles. The number of carbonyl (C=O) groups is 1. The van der Waals surface area contributed by atoms with Crippen molar-refractivity contribution in [1.82, 2.24) is 14.8 Å². The Balaban J connectivity index is 1.44. The number of hydrogen-bond acceptors (Lipinski definition) is 4. The highest BCUT2D eigenvalue weighted by Crippen LogP contribution is 2.27.